The Balaban J connectivity index is 0. The van der Waals surface area contributed by atoms with Gasteiger partial charge in [-0.05, 0) is 6.92 Å². The third-order valence-corrected chi connectivity index (χ3v) is 1.14. The van der Waals surface area contributed by atoms with E-state index < -0.39 is 24.7 Å². The molecular formula is C5H12ClF3N2. The monoisotopic (exact) mass is 192 g/mol. The summed E-state index contributed by atoms with van der Waals surface area (Å²) < 4.78 is 34.6. The molecule has 0 aromatic carbocycles. The second kappa shape index (κ2) is 4.79. The van der Waals surface area contributed by atoms with Crippen molar-refractivity contribution in [1.29, 1.82) is 0 Å². The normalized spacial score (nSPS) is 16.9. The van der Waals surface area contributed by atoms with E-state index in [1.165, 1.54) is 6.92 Å². The highest BCUT2D eigenvalue weighted by molar-refractivity contribution is 5.85. The quantitative estimate of drug-likeness (QED) is 0.687. The lowest BCUT2D eigenvalue weighted by atomic mass is 10.1. The Morgan fingerprint density at radius 1 is 1.27 bits per heavy atom. The third kappa shape index (κ3) is 7.90. The van der Waals surface area contributed by atoms with Crippen LogP contribution >= 0.6 is 12.4 Å². The van der Waals surface area contributed by atoms with Crippen molar-refractivity contribution in [1.82, 2.24) is 0 Å². The number of rotatable bonds is 2. The van der Waals surface area contributed by atoms with E-state index in [-0.39, 0.29) is 12.4 Å². The van der Waals surface area contributed by atoms with E-state index in [0.29, 0.717) is 0 Å². The zero-order valence-corrected chi connectivity index (χ0v) is 6.88. The van der Waals surface area contributed by atoms with Crippen molar-refractivity contribution in [3.8, 4) is 0 Å². The Morgan fingerprint density at radius 3 is 1.73 bits per heavy atom. The van der Waals surface area contributed by atoms with Crippen LogP contribution in [0.5, 0.6) is 0 Å². The standard InChI is InChI=1S/C5H11F3N2.ClH/c1-3(9)4(10)2-5(6,7)8;/h3-4H,2,9-10H2,1H3;1H. The molecule has 0 aliphatic heterocycles. The zero-order valence-electron chi connectivity index (χ0n) is 6.06. The summed E-state index contributed by atoms with van der Waals surface area (Å²) in [5.41, 5.74) is 10.2. The Hall–Kier alpha value is -0.0000000000000000555. The molecule has 2 unspecified atom stereocenters. The molecule has 0 saturated carbocycles. The van der Waals surface area contributed by atoms with Gasteiger partial charge < -0.3 is 11.5 Å². The van der Waals surface area contributed by atoms with Gasteiger partial charge in [0.25, 0.3) is 0 Å². The van der Waals surface area contributed by atoms with Gasteiger partial charge in [0, 0.05) is 12.1 Å². The van der Waals surface area contributed by atoms with Crippen LogP contribution in [0.1, 0.15) is 13.3 Å². The van der Waals surface area contributed by atoms with E-state index in [9.17, 15) is 13.2 Å². The van der Waals surface area contributed by atoms with Gasteiger partial charge in [-0.2, -0.15) is 13.2 Å². The number of nitrogens with two attached hydrogens (primary N) is 2. The van der Waals surface area contributed by atoms with Crippen molar-refractivity contribution < 1.29 is 13.2 Å². The summed E-state index contributed by atoms with van der Waals surface area (Å²) in [6.07, 6.45) is -5.21. The topological polar surface area (TPSA) is 52.0 Å². The van der Waals surface area contributed by atoms with Crippen LogP contribution in [0.3, 0.4) is 0 Å². The summed E-state index contributed by atoms with van der Waals surface area (Å²) in [5, 5.41) is 0. The molecule has 0 aromatic heterocycles. The molecule has 2 nitrogen and oxygen atoms in total. The lowest BCUT2D eigenvalue weighted by Crippen LogP contribution is -2.42. The van der Waals surface area contributed by atoms with Crippen molar-refractivity contribution in [2.45, 2.75) is 31.6 Å². The van der Waals surface area contributed by atoms with Crippen LogP contribution in [0.25, 0.3) is 0 Å². The fourth-order valence-electron chi connectivity index (χ4n) is 0.453. The first kappa shape index (κ1) is 13.6. The summed E-state index contributed by atoms with van der Waals surface area (Å²) in [7, 11) is 0. The van der Waals surface area contributed by atoms with Gasteiger partial charge in [0.2, 0.25) is 0 Å². The zero-order chi connectivity index (χ0) is 8.36. The molecule has 0 spiro atoms. The van der Waals surface area contributed by atoms with Crippen LogP contribution < -0.4 is 11.5 Å². The number of alkyl halides is 3. The summed E-state index contributed by atoms with van der Waals surface area (Å²) in [6.45, 7) is 1.45. The minimum Gasteiger partial charge on any atom is -0.327 e. The summed E-state index contributed by atoms with van der Waals surface area (Å²) in [4.78, 5) is 0. The van der Waals surface area contributed by atoms with Crippen molar-refractivity contribution in [3.05, 3.63) is 0 Å². The Labute approximate surface area is 69.5 Å². The highest BCUT2D eigenvalue weighted by Crippen LogP contribution is 2.21. The molecule has 0 radical (unpaired) electrons. The average molecular weight is 193 g/mol. The largest absolute Gasteiger partial charge is 0.390 e. The highest BCUT2D eigenvalue weighted by Gasteiger charge is 2.31. The molecule has 6 heteroatoms. The van der Waals surface area contributed by atoms with Crippen LogP contribution in [-0.2, 0) is 0 Å². The van der Waals surface area contributed by atoms with E-state index in [4.69, 9.17) is 11.5 Å². The molecule has 2 atom stereocenters. The minimum atomic E-state index is -4.20. The number of hydrogen-bond donors (Lipinski definition) is 2. The van der Waals surface area contributed by atoms with Crippen molar-refractivity contribution in [2.75, 3.05) is 0 Å². The molecular weight excluding hydrogens is 181 g/mol. The van der Waals surface area contributed by atoms with Gasteiger partial charge in [-0.3, -0.25) is 0 Å². The first-order valence-electron chi connectivity index (χ1n) is 2.91. The summed E-state index contributed by atoms with van der Waals surface area (Å²) in [6, 6.07) is -1.60. The van der Waals surface area contributed by atoms with Crippen molar-refractivity contribution >= 4 is 12.4 Å². The smallest absolute Gasteiger partial charge is 0.327 e. The predicted octanol–water partition coefficient (Wildman–Crippen LogP) is 1.04. The first-order valence-corrected chi connectivity index (χ1v) is 2.91. The molecule has 11 heavy (non-hydrogen) atoms. The molecule has 0 bridgehead atoms. The van der Waals surface area contributed by atoms with Crippen LogP contribution in [0, 0.1) is 0 Å². The van der Waals surface area contributed by atoms with E-state index >= 15 is 0 Å². The predicted molar refractivity (Wildman–Crippen MR) is 39.5 cm³/mol. The van der Waals surface area contributed by atoms with Crippen LogP contribution in [-0.4, -0.2) is 18.3 Å². The Kier molecular flexibility index (Phi) is 5.92. The third-order valence-electron chi connectivity index (χ3n) is 1.14. The van der Waals surface area contributed by atoms with Gasteiger partial charge in [-0.1, -0.05) is 0 Å². The van der Waals surface area contributed by atoms with E-state index in [1.54, 1.807) is 0 Å². The van der Waals surface area contributed by atoms with Gasteiger partial charge >= 0.3 is 6.18 Å². The highest BCUT2D eigenvalue weighted by atomic mass is 35.5. The van der Waals surface area contributed by atoms with Crippen LogP contribution in [0.2, 0.25) is 0 Å². The maximum atomic E-state index is 11.5. The Bertz CT molecular complexity index is 104. The fourth-order valence-corrected chi connectivity index (χ4v) is 0.453. The van der Waals surface area contributed by atoms with Gasteiger partial charge in [0.05, 0.1) is 6.42 Å². The SMILES string of the molecule is CC(N)C(N)CC(F)(F)F.Cl. The van der Waals surface area contributed by atoms with E-state index in [1.807, 2.05) is 0 Å². The minimum absolute atomic E-state index is 0. The lowest BCUT2D eigenvalue weighted by Gasteiger charge is -2.16. The van der Waals surface area contributed by atoms with Crippen molar-refractivity contribution in [3.63, 3.8) is 0 Å². The van der Waals surface area contributed by atoms with Gasteiger partial charge in [-0.15, -0.1) is 12.4 Å². The summed E-state index contributed by atoms with van der Waals surface area (Å²) >= 11 is 0. The van der Waals surface area contributed by atoms with Gasteiger partial charge in [0.1, 0.15) is 0 Å². The second-order valence-corrected chi connectivity index (χ2v) is 2.34. The molecule has 0 aliphatic rings. The van der Waals surface area contributed by atoms with E-state index in [0.717, 1.165) is 0 Å². The van der Waals surface area contributed by atoms with Crippen LogP contribution in [0.4, 0.5) is 13.2 Å². The molecule has 0 aromatic rings. The molecule has 0 heterocycles. The Morgan fingerprint density at radius 2 is 1.64 bits per heavy atom. The molecule has 0 fully saturated rings. The molecule has 0 saturated heterocycles. The number of halogens is 4. The maximum Gasteiger partial charge on any atom is 0.390 e. The summed E-state index contributed by atoms with van der Waals surface area (Å²) in [5.74, 6) is 0. The first-order chi connectivity index (χ1) is 4.33. The fraction of sp³-hybridized carbons (Fsp3) is 1.00. The van der Waals surface area contributed by atoms with Gasteiger partial charge in [-0.25, -0.2) is 0 Å². The maximum absolute atomic E-state index is 11.5. The molecule has 4 N–H and O–H groups in total. The molecule has 70 valence electrons. The molecule has 0 amide bonds. The molecule has 0 aliphatic carbocycles. The molecule has 0 rings (SSSR count). The van der Waals surface area contributed by atoms with Gasteiger partial charge in [0.15, 0.2) is 0 Å². The van der Waals surface area contributed by atoms with E-state index in [2.05, 4.69) is 0 Å². The second-order valence-electron chi connectivity index (χ2n) is 2.34. The lowest BCUT2D eigenvalue weighted by molar-refractivity contribution is -0.138. The number of hydrogen-bond acceptors (Lipinski definition) is 2. The van der Waals surface area contributed by atoms with Crippen LogP contribution in [0.15, 0.2) is 0 Å². The van der Waals surface area contributed by atoms with Crippen molar-refractivity contribution in [2.24, 2.45) is 11.5 Å². The average Bonchev–Trinajstić information content (AvgIpc) is 1.60.